The van der Waals surface area contributed by atoms with Crippen LogP contribution in [0.3, 0.4) is 0 Å². The lowest BCUT2D eigenvalue weighted by Gasteiger charge is -2.35. The zero-order valence-corrected chi connectivity index (χ0v) is 13.2. The van der Waals surface area contributed by atoms with Gasteiger partial charge in [-0.25, -0.2) is 0 Å². The van der Waals surface area contributed by atoms with Crippen molar-refractivity contribution in [1.29, 1.82) is 0 Å². The molecule has 1 aliphatic rings. The first-order valence-electron chi connectivity index (χ1n) is 8.03. The van der Waals surface area contributed by atoms with Crippen molar-refractivity contribution in [1.82, 2.24) is 24.7 Å². The van der Waals surface area contributed by atoms with Crippen LogP contribution in [0.5, 0.6) is 0 Å². The molecule has 0 radical (unpaired) electrons. The van der Waals surface area contributed by atoms with Crippen LogP contribution >= 0.6 is 0 Å². The lowest BCUT2D eigenvalue weighted by Crippen LogP contribution is -2.46. The molecule has 7 nitrogen and oxygen atoms in total. The van der Waals surface area contributed by atoms with E-state index < -0.39 is 0 Å². The highest BCUT2D eigenvalue weighted by Gasteiger charge is 2.21. The maximum Gasteiger partial charge on any atom is 0.200 e. The summed E-state index contributed by atoms with van der Waals surface area (Å²) >= 11 is 0. The third-order valence-electron chi connectivity index (χ3n) is 4.33. The Morgan fingerprint density at radius 2 is 2.09 bits per heavy atom. The van der Waals surface area contributed by atoms with Gasteiger partial charge in [0.05, 0.1) is 24.2 Å². The minimum absolute atomic E-state index is 0.835. The van der Waals surface area contributed by atoms with Gasteiger partial charge >= 0.3 is 0 Å². The van der Waals surface area contributed by atoms with Crippen molar-refractivity contribution in [3.05, 3.63) is 42.2 Å². The van der Waals surface area contributed by atoms with E-state index in [0.717, 1.165) is 61.9 Å². The molecular weight excluding hydrogens is 292 g/mol. The van der Waals surface area contributed by atoms with E-state index >= 15 is 0 Å². The molecule has 0 saturated carbocycles. The van der Waals surface area contributed by atoms with Crippen LogP contribution in [0.2, 0.25) is 0 Å². The predicted octanol–water partition coefficient (Wildman–Crippen LogP) is 1.60. The van der Waals surface area contributed by atoms with Crippen molar-refractivity contribution in [3.8, 4) is 0 Å². The highest BCUT2D eigenvalue weighted by Crippen LogP contribution is 2.22. The molecule has 3 aromatic rings. The fourth-order valence-corrected chi connectivity index (χ4v) is 3.04. The normalized spacial score (nSPS) is 16.3. The van der Waals surface area contributed by atoms with Gasteiger partial charge in [-0.2, -0.15) is 9.61 Å². The van der Waals surface area contributed by atoms with Crippen LogP contribution in [-0.2, 0) is 13.0 Å². The Hall–Kier alpha value is -2.41. The molecule has 0 aromatic carbocycles. The first kappa shape index (κ1) is 14.2. The van der Waals surface area contributed by atoms with E-state index in [9.17, 15) is 0 Å². The Morgan fingerprint density at radius 3 is 2.83 bits per heavy atom. The smallest absolute Gasteiger partial charge is 0.200 e. The number of hydrogen-bond acceptors (Lipinski definition) is 6. The summed E-state index contributed by atoms with van der Waals surface area (Å²) < 4.78 is 7.22. The van der Waals surface area contributed by atoms with Gasteiger partial charge in [-0.1, -0.05) is 6.92 Å². The lowest BCUT2D eigenvalue weighted by atomic mass is 10.2. The van der Waals surface area contributed by atoms with E-state index in [1.165, 1.54) is 0 Å². The summed E-state index contributed by atoms with van der Waals surface area (Å²) in [7, 11) is 0. The largest absolute Gasteiger partial charge is 0.468 e. The minimum atomic E-state index is 0.835. The van der Waals surface area contributed by atoms with Gasteiger partial charge in [0.2, 0.25) is 5.65 Å². The third kappa shape index (κ3) is 2.79. The van der Waals surface area contributed by atoms with Crippen molar-refractivity contribution < 1.29 is 4.42 Å². The van der Waals surface area contributed by atoms with Crippen molar-refractivity contribution in [2.45, 2.75) is 19.9 Å². The lowest BCUT2D eigenvalue weighted by molar-refractivity contribution is 0.230. The zero-order chi connectivity index (χ0) is 15.6. The molecule has 0 atom stereocenters. The van der Waals surface area contributed by atoms with E-state index in [2.05, 4.69) is 38.1 Å². The van der Waals surface area contributed by atoms with Crippen LogP contribution in [0.15, 0.2) is 35.2 Å². The number of rotatable bonds is 4. The summed E-state index contributed by atoms with van der Waals surface area (Å²) in [4.78, 5) is 4.79. The molecular formula is C16H20N6O. The van der Waals surface area contributed by atoms with Crippen molar-refractivity contribution in [2.24, 2.45) is 0 Å². The second kappa shape index (κ2) is 6.00. The number of hydrogen-bond donors (Lipinski definition) is 0. The first-order valence-corrected chi connectivity index (χ1v) is 8.03. The summed E-state index contributed by atoms with van der Waals surface area (Å²) in [6.07, 6.45) is 4.31. The summed E-state index contributed by atoms with van der Waals surface area (Å²) in [6.45, 7) is 6.93. The molecule has 1 saturated heterocycles. The molecule has 7 heteroatoms. The highest BCUT2D eigenvalue weighted by molar-refractivity contribution is 5.68. The molecule has 0 amide bonds. The van der Waals surface area contributed by atoms with E-state index in [1.54, 1.807) is 17.1 Å². The molecule has 120 valence electrons. The Balaban J connectivity index is 1.51. The monoisotopic (exact) mass is 312 g/mol. The van der Waals surface area contributed by atoms with Crippen LogP contribution in [0, 0.1) is 0 Å². The molecule has 4 rings (SSSR count). The number of fused-ring (bicyclic) bond motifs is 1. The molecule has 0 spiro atoms. The molecule has 0 N–H and O–H groups in total. The maximum atomic E-state index is 5.44. The minimum Gasteiger partial charge on any atom is -0.468 e. The van der Waals surface area contributed by atoms with Gasteiger partial charge in [-0.05, 0) is 24.6 Å². The molecule has 1 aliphatic heterocycles. The Kier molecular flexibility index (Phi) is 3.70. The summed E-state index contributed by atoms with van der Waals surface area (Å²) in [5, 5.41) is 12.7. The van der Waals surface area contributed by atoms with E-state index in [-0.39, 0.29) is 0 Å². The summed E-state index contributed by atoms with van der Waals surface area (Å²) in [5.41, 5.74) is 3.03. The number of nitrogens with zero attached hydrogens (tertiary/aromatic N) is 6. The molecule has 23 heavy (non-hydrogen) atoms. The van der Waals surface area contributed by atoms with Gasteiger partial charge in [0.15, 0.2) is 0 Å². The van der Waals surface area contributed by atoms with Gasteiger partial charge < -0.3 is 9.32 Å². The van der Waals surface area contributed by atoms with Gasteiger partial charge in [0, 0.05) is 26.2 Å². The quantitative estimate of drug-likeness (QED) is 0.729. The standard InChI is InChI=1S/C16H20N6O/c1-2-13-10-15(16-18-17-12-22(16)19-13)21-7-5-20(6-8-21)11-14-4-3-9-23-14/h3-4,9-10,12H,2,5-8,11H2,1H3. The summed E-state index contributed by atoms with van der Waals surface area (Å²) in [6, 6.07) is 6.12. The topological polar surface area (TPSA) is 62.7 Å². The van der Waals surface area contributed by atoms with E-state index in [0.29, 0.717) is 0 Å². The number of furan rings is 1. The molecule has 0 aliphatic carbocycles. The van der Waals surface area contributed by atoms with Crippen molar-refractivity contribution in [2.75, 3.05) is 31.1 Å². The van der Waals surface area contributed by atoms with Crippen LogP contribution in [0.25, 0.3) is 5.65 Å². The number of aryl methyl sites for hydroxylation is 1. The summed E-state index contributed by atoms with van der Waals surface area (Å²) in [5.74, 6) is 1.02. The molecule has 4 heterocycles. The average molecular weight is 312 g/mol. The number of aromatic nitrogens is 4. The van der Waals surface area contributed by atoms with E-state index in [1.807, 2.05) is 12.1 Å². The van der Waals surface area contributed by atoms with Crippen LogP contribution in [-0.4, -0.2) is 50.9 Å². The number of piperazine rings is 1. The van der Waals surface area contributed by atoms with Gasteiger partial charge in [0.1, 0.15) is 12.1 Å². The SMILES string of the molecule is CCc1cc(N2CCN(Cc3ccco3)CC2)c2nncn2n1. The predicted molar refractivity (Wildman–Crippen MR) is 86.4 cm³/mol. The van der Waals surface area contributed by atoms with Crippen LogP contribution in [0.1, 0.15) is 18.4 Å². The van der Waals surface area contributed by atoms with Gasteiger partial charge in [-0.15, -0.1) is 10.2 Å². The second-order valence-electron chi connectivity index (χ2n) is 5.82. The Labute approximate surface area is 134 Å². The molecule has 1 fully saturated rings. The van der Waals surface area contributed by atoms with Crippen molar-refractivity contribution in [3.63, 3.8) is 0 Å². The fourth-order valence-electron chi connectivity index (χ4n) is 3.04. The highest BCUT2D eigenvalue weighted by atomic mass is 16.3. The zero-order valence-electron chi connectivity index (χ0n) is 13.2. The second-order valence-corrected chi connectivity index (χ2v) is 5.82. The molecule has 0 bridgehead atoms. The first-order chi connectivity index (χ1) is 11.3. The van der Waals surface area contributed by atoms with Crippen LogP contribution in [0.4, 0.5) is 5.69 Å². The maximum absolute atomic E-state index is 5.44. The third-order valence-corrected chi connectivity index (χ3v) is 4.33. The van der Waals surface area contributed by atoms with Gasteiger partial charge in [0.25, 0.3) is 0 Å². The fraction of sp³-hybridized carbons (Fsp3) is 0.438. The Bertz CT molecular complexity index is 773. The number of anilines is 1. The average Bonchev–Trinajstić information content (AvgIpc) is 3.26. The van der Waals surface area contributed by atoms with E-state index in [4.69, 9.17) is 4.42 Å². The van der Waals surface area contributed by atoms with Crippen LogP contribution < -0.4 is 4.90 Å². The molecule has 3 aromatic heterocycles. The Morgan fingerprint density at radius 1 is 1.22 bits per heavy atom. The van der Waals surface area contributed by atoms with Gasteiger partial charge in [-0.3, -0.25) is 4.90 Å². The molecule has 0 unspecified atom stereocenters. The van der Waals surface area contributed by atoms with Crippen molar-refractivity contribution >= 4 is 11.3 Å².